The molecular weight excluding hydrogens is 366 g/mol. The quantitative estimate of drug-likeness (QED) is 0.640. The summed E-state index contributed by atoms with van der Waals surface area (Å²) in [6.07, 6.45) is 0. The monoisotopic (exact) mass is 385 g/mol. The van der Waals surface area contributed by atoms with E-state index >= 15 is 0 Å². The number of rotatable bonds is 6. The van der Waals surface area contributed by atoms with E-state index in [-0.39, 0.29) is 17.7 Å². The Hall–Kier alpha value is -2.92. The topological polar surface area (TPSA) is 60.7 Å². The summed E-state index contributed by atoms with van der Waals surface area (Å²) >= 11 is 6.19. The second-order valence-corrected chi connectivity index (χ2v) is 6.35. The van der Waals surface area contributed by atoms with Crippen molar-refractivity contribution >= 4 is 17.5 Å². The average molecular weight is 386 g/mol. The van der Waals surface area contributed by atoms with E-state index < -0.39 is 0 Å². The van der Waals surface area contributed by atoms with Crippen LogP contribution in [0.15, 0.2) is 59.0 Å². The fourth-order valence-corrected chi connectivity index (χ4v) is 3.02. The van der Waals surface area contributed by atoms with Gasteiger partial charge >= 0.3 is 0 Å². The molecule has 0 saturated heterocycles. The molecule has 3 aromatic rings. The molecule has 0 bridgehead atoms. The molecule has 1 heterocycles. The molecule has 1 N–H and O–H groups in total. The number of nitrogens with one attached hydrogen (secondary N) is 1. The van der Waals surface area contributed by atoms with Crippen LogP contribution in [-0.4, -0.2) is 20.1 Å². The third kappa shape index (κ3) is 4.09. The van der Waals surface area contributed by atoms with Gasteiger partial charge in [-0.2, -0.15) is 0 Å². The smallest absolute Gasteiger partial charge is 0.287 e. The van der Waals surface area contributed by atoms with Gasteiger partial charge in [-0.05, 0) is 49.4 Å². The highest BCUT2D eigenvalue weighted by atomic mass is 35.5. The number of carbonyl (C=O) groups is 1. The number of halogens is 1. The lowest BCUT2D eigenvalue weighted by atomic mass is 10.1. The third-order valence-electron chi connectivity index (χ3n) is 4.22. The van der Waals surface area contributed by atoms with Gasteiger partial charge in [0.15, 0.2) is 5.76 Å². The molecule has 1 amide bonds. The maximum Gasteiger partial charge on any atom is 0.287 e. The Morgan fingerprint density at radius 2 is 1.85 bits per heavy atom. The minimum Gasteiger partial charge on any atom is -0.497 e. The van der Waals surface area contributed by atoms with Gasteiger partial charge in [-0.15, -0.1) is 0 Å². The highest BCUT2D eigenvalue weighted by Gasteiger charge is 2.19. The van der Waals surface area contributed by atoms with Gasteiger partial charge in [0.1, 0.15) is 17.3 Å². The number of amides is 1. The Bertz CT molecular complexity index is 951. The van der Waals surface area contributed by atoms with E-state index in [9.17, 15) is 4.79 Å². The van der Waals surface area contributed by atoms with Crippen LogP contribution in [0.1, 0.15) is 29.1 Å². The molecule has 3 rings (SSSR count). The molecule has 5 nitrogen and oxygen atoms in total. The number of ether oxygens (including phenoxy) is 2. The summed E-state index contributed by atoms with van der Waals surface area (Å²) in [4.78, 5) is 12.6. The third-order valence-corrected chi connectivity index (χ3v) is 4.55. The number of hydrogen-bond acceptors (Lipinski definition) is 4. The second-order valence-electron chi connectivity index (χ2n) is 5.95. The van der Waals surface area contributed by atoms with Gasteiger partial charge in [-0.25, -0.2) is 0 Å². The van der Waals surface area contributed by atoms with Gasteiger partial charge in [-0.3, -0.25) is 4.79 Å². The Labute approximate surface area is 162 Å². The number of methoxy groups -OCH3 is 2. The average Bonchev–Trinajstić information content (AvgIpc) is 3.17. The van der Waals surface area contributed by atoms with Crippen molar-refractivity contribution in [3.8, 4) is 22.8 Å². The number of furan rings is 1. The van der Waals surface area contributed by atoms with Crippen LogP contribution in [0, 0.1) is 0 Å². The second kappa shape index (κ2) is 8.18. The minimum absolute atomic E-state index is 0.207. The molecule has 0 fully saturated rings. The van der Waals surface area contributed by atoms with Gasteiger partial charge < -0.3 is 19.2 Å². The summed E-state index contributed by atoms with van der Waals surface area (Å²) in [6.45, 7) is 1.87. The van der Waals surface area contributed by atoms with Crippen LogP contribution in [0.4, 0.5) is 0 Å². The van der Waals surface area contributed by atoms with Crippen molar-refractivity contribution in [2.45, 2.75) is 13.0 Å². The SMILES string of the molecule is COc1ccc(OC)c([C@@H](C)NC(=O)c2ccc(-c3ccccc3Cl)o2)c1. The predicted octanol–water partition coefficient (Wildman–Crippen LogP) is 5.11. The first kappa shape index (κ1) is 18.9. The Balaban J connectivity index is 1.79. The lowest BCUT2D eigenvalue weighted by molar-refractivity contribution is 0.0912. The van der Waals surface area contributed by atoms with Crippen LogP contribution >= 0.6 is 11.6 Å². The Morgan fingerprint density at radius 1 is 1.07 bits per heavy atom. The fraction of sp³-hybridized carbons (Fsp3) is 0.190. The standard InChI is InChI=1S/C21H20ClNO4/c1-13(16-12-14(25-2)8-9-18(16)26-3)23-21(24)20-11-10-19(27-20)15-6-4-5-7-17(15)22/h4-13H,1-3H3,(H,23,24)/t13-/m1/s1. The normalized spacial score (nSPS) is 11.7. The van der Waals surface area contributed by atoms with E-state index in [1.165, 1.54) is 0 Å². The summed E-state index contributed by atoms with van der Waals surface area (Å²) in [7, 11) is 3.18. The van der Waals surface area contributed by atoms with E-state index in [1.54, 1.807) is 44.6 Å². The van der Waals surface area contributed by atoms with Gasteiger partial charge in [0.05, 0.1) is 25.3 Å². The van der Waals surface area contributed by atoms with Gasteiger partial charge in [0.25, 0.3) is 5.91 Å². The highest BCUT2D eigenvalue weighted by molar-refractivity contribution is 6.33. The summed E-state index contributed by atoms with van der Waals surface area (Å²) in [5, 5.41) is 3.48. The van der Waals surface area contributed by atoms with Crippen molar-refractivity contribution in [3.05, 3.63) is 70.9 Å². The van der Waals surface area contributed by atoms with Gasteiger partial charge in [0.2, 0.25) is 0 Å². The van der Waals surface area contributed by atoms with Gasteiger partial charge in [-0.1, -0.05) is 23.7 Å². The molecule has 1 aromatic heterocycles. The van der Waals surface area contributed by atoms with Crippen molar-refractivity contribution in [3.63, 3.8) is 0 Å². The largest absolute Gasteiger partial charge is 0.497 e. The van der Waals surface area contributed by atoms with Crippen molar-refractivity contribution in [1.82, 2.24) is 5.32 Å². The number of hydrogen-bond donors (Lipinski definition) is 1. The molecule has 1 atom stereocenters. The van der Waals surface area contributed by atoms with Crippen LogP contribution < -0.4 is 14.8 Å². The van der Waals surface area contributed by atoms with Crippen LogP contribution in [0.3, 0.4) is 0 Å². The maximum absolute atomic E-state index is 12.6. The molecule has 0 aliphatic heterocycles. The lowest BCUT2D eigenvalue weighted by Gasteiger charge is -2.17. The molecule has 0 aliphatic carbocycles. The first-order valence-corrected chi connectivity index (χ1v) is 8.78. The summed E-state index contributed by atoms with van der Waals surface area (Å²) in [5.41, 5.74) is 1.55. The molecule has 6 heteroatoms. The molecule has 0 radical (unpaired) electrons. The van der Waals surface area contributed by atoms with E-state index in [2.05, 4.69) is 5.32 Å². The highest BCUT2D eigenvalue weighted by Crippen LogP contribution is 2.31. The van der Waals surface area contributed by atoms with Crippen LogP contribution in [-0.2, 0) is 0 Å². The van der Waals surface area contributed by atoms with Crippen molar-refractivity contribution in [2.24, 2.45) is 0 Å². The molecule has 2 aromatic carbocycles. The van der Waals surface area contributed by atoms with E-state index in [0.717, 1.165) is 11.1 Å². The number of benzene rings is 2. The van der Waals surface area contributed by atoms with Crippen molar-refractivity contribution < 1.29 is 18.7 Å². The first-order chi connectivity index (χ1) is 13.0. The maximum atomic E-state index is 12.6. The molecule has 0 spiro atoms. The molecule has 27 heavy (non-hydrogen) atoms. The Morgan fingerprint density at radius 3 is 2.56 bits per heavy atom. The predicted molar refractivity (Wildman–Crippen MR) is 105 cm³/mol. The van der Waals surface area contributed by atoms with Crippen LogP contribution in [0.25, 0.3) is 11.3 Å². The van der Waals surface area contributed by atoms with Crippen molar-refractivity contribution in [1.29, 1.82) is 0 Å². The molecular formula is C21H20ClNO4. The Kier molecular flexibility index (Phi) is 5.72. The summed E-state index contributed by atoms with van der Waals surface area (Å²) in [5.74, 6) is 1.77. The zero-order valence-electron chi connectivity index (χ0n) is 15.3. The van der Waals surface area contributed by atoms with Crippen molar-refractivity contribution in [2.75, 3.05) is 14.2 Å². The first-order valence-electron chi connectivity index (χ1n) is 8.41. The molecule has 140 valence electrons. The lowest BCUT2D eigenvalue weighted by Crippen LogP contribution is -2.26. The number of carbonyl (C=O) groups excluding carboxylic acids is 1. The summed E-state index contributed by atoms with van der Waals surface area (Å²) < 4.78 is 16.3. The zero-order chi connectivity index (χ0) is 19.4. The minimum atomic E-state index is -0.328. The van der Waals surface area contributed by atoms with Gasteiger partial charge in [0, 0.05) is 11.1 Å². The van der Waals surface area contributed by atoms with E-state index in [0.29, 0.717) is 22.3 Å². The molecule has 0 saturated carbocycles. The van der Waals surface area contributed by atoms with Crippen LogP contribution in [0.2, 0.25) is 5.02 Å². The zero-order valence-corrected chi connectivity index (χ0v) is 16.0. The van der Waals surface area contributed by atoms with E-state index in [1.807, 2.05) is 31.2 Å². The van der Waals surface area contributed by atoms with Crippen LogP contribution in [0.5, 0.6) is 11.5 Å². The summed E-state index contributed by atoms with van der Waals surface area (Å²) in [6, 6.07) is 15.8. The fourth-order valence-electron chi connectivity index (χ4n) is 2.79. The molecule has 0 aliphatic rings. The van der Waals surface area contributed by atoms with E-state index in [4.69, 9.17) is 25.5 Å². The molecule has 0 unspecified atom stereocenters.